The summed E-state index contributed by atoms with van der Waals surface area (Å²) in [6.07, 6.45) is 3.52. The van der Waals surface area contributed by atoms with Gasteiger partial charge in [0.15, 0.2) is 0 Å². The first-order chi connectivity index (χ1) is 7.89. The van der Waals surface area contributed by atoms with Crippen molar-refractivity contribution in [2.45, 2.75) is 58.9 Å². The third-order valence-corrected chi connectivity index (χ3v) is 4.08. The highest BCUT2D eigenvalue weighted by Gasteiger charge is 2.27. The van der Waals surface area contributed by atoms with Crippen LogP contribution in [0.3, 0.4) is 0 Å². The number of benzene rings is 1. The van der Waals surface area contributed by atoms with Crippen LogP contribution in [-0.4, -0.2) is 0 Å². The van der Waals surface area contributed by atoms with Gasteiger partial charge in [0.05, 0.1) is 0 Å². The second-order valence-electron chi connectivity index (χ2n) is 6.59. The Bertz CT molecular complexity index is 404. The van der Waals surface area contributed by atoms with E-state index in [0.717, 1.165) is 6.42 Å². The van der Waals surface area contributed by atoms with Gasteiger partial charge < -0.3 is 5.73 Å². The molecule has 17 heavy (non-hydrogen) atoms. The first-order valence-electron chi connectivity index (χ1n) is 6.77. The molecule has 1 aliphatic rings. The highest BCUT2D eigenvalue weighted by atomic mass is 14.6. The van der Waals surface area contributed by atoms with Gasteiger partial charge in [-0.3, -0.25) is 0 Å². The normalized spacial score (nSPS) is 23.3. The molecule has 0 amide bonds. The second-order valence-corrected chi connectivity index (χ2v) is 6.59. The molecular formula is C16H25N. The minimum atomic E-state index is 0.209. The summed E-state index contributed by atoms with van der Waals surface area (Å²) >= 11 is 0. The molecule has 0 heterocycles. The van der Waals surface area contributed by atoms with E-state index in [0.29, 0.717) is 11.3 Å². The molecule has 2 N–H and O–H groups in total. The maximum Gasteiger partial charge on any atom is 0.0302 e. The Balaban J connectivity index is 2.38. The molecule has 0 aliphatic heterocycles. The molecule has 1 heteroatoms. The van der Waals surface area contributed by atoms with E-state index >= 15 is 0 Å². The van der Waals surface area contributed by atoms with Gasteiger partial charge in [0, 0.05) is 6.04 Å². The largest absolute Gasteiger partial charge is 0.324 e. The van der Waals surface area contributed by atoms with Gasteiger partial charge in [0.25, 0.3) is 0 Å². The number of fused-ring (bicyclic) bond motifs is 1. The van der Waals surface area contributed by atoms with E-state index in [9.17, 15) is 0 Å². The van der Waals surface area contributed by atoms with Gasteiger partial charge in [-0.1, -0.05) is 45.9 Å². The highest BCUT2D eigenvalue weighted by molar-refractivity contribution is 5.36. The topological polar surface area (TPSA) is 26.0 Å². The molecule has 0 saturated heterocycles. The summed E-state index contributed by atoms with van der Waals surface area (Å²) in [4.78, 5) is 0. The van der Waals surface area contributed by atoms with Gasteiger partial charge in [0.1, 0.15) is 0 Å². The molecule has 1 atom stereocenters. The minimum absolute atomic E-state index is 0.209. The molecule has 0 aromatic heterocycles. The van der Waals surface area contributed by atoms with Crippen molar-refractivity contribution in [1.29, 1.82) is 0 Å². The van der Waals surface area contributed by atoms with Gasteiger partial charge in [-0.25, -0.2) is 0 Å². The van der Waals surface area contributed by atoms with Gasteiger partial charge in [-0.05, 0) is 47.3 Å². The summed E-state index contributed by atoms with van der Waals surface area (Å²) in [5.74, 6) is 0.587. The zero-order valence-corrected chi connectivity index (χ0v) is 11.6. The predicted molar refractivity (Wildman–Crippen MR) is 74.2 cm³/mol. The predicted octanol–water partition coefficient (Wildman–Crippen LogP) is 4.17. The van der Waals surface area contributed by atoms with Crippen LogP contribution >= 0.6 is 0 Å². The SMILES string of the molecule is CC(C)c1ccc2c(c1)C(N)CC(C)(C)CC2. The molecule has 0 spiro atoms. The zero-order chi connectivity index (χ0) is 12.6. The first-order valence-corrected chi connectivity index (χ1v) is 6.77. The molecule has 1 nitrogen and oxygen atoms in total. The highest BCUT2D eigenvalue weighted by Crippen LogP contribution is 2.38. The summed E-state index contributed by atoms with van der Waals surface area (Å²) in [6.45, 7) is 9.16. The molecule has 1 aliphatic carbocycles. The minimum Gasteiger partial charge on any atom is -0.324 e. The number of hydrogen-bond donors (Lipinski definition) is 1. The smallest absolute Gasteiger partial charge is 0.0302 e. The third kappa shape index (κ3) is 2.71. The fourth-order valence-corrected chi connectivity index (χ4v) is 2.83. The van der Waals surface area contributed by atoms with Gasteiger partial charge >= 0.3 is 0 Å². The number of rotatable bonds is 1. The van der Waals surface area contributed by atoms with E-state index in [2.05, 4.69) is 45.9 Å². The number of aryl methyl sites for hydroxylation is 1. The summed E-state index contributed by atoms with van der Waals surface area (Å²) in [6, 6.07) is 7.12. The van der Waals surface area contributed by atoms with Crippen molar-refractivity contribution < 1.29 is 0 Å². The van der Waals surface area contributed by atoms with Crippen LogP contribution in [0, 0.1) is 5.41 Å². The third-order valence-electron chi connectivity index (χ3n) is 4.08. The Morgan fingerprint density at radius 3 is 2.65 bits per heavy atom. The van der Waals surface area contributed by atoms with E-state index in [1.54, 1.807) is 0 Å². The molecule has 0 bridgehead atoms. The molecule has 1 unspecified atom stereocenters. The number of hydrogen-bond acceptors (Lipinski definition) is 1. The van der Waals surface area contributed by atoms with Crippen molar-refractivity contribution in [3.63, 3.8) is 0 Å². The zero-order valence-electron chi connectivity index (χ0n) is 11.6. The van der Waals surface area contributed by atoms with Crippen molar-refractivity contribution in [1.82, 2.24) is 0 Å². The Morgan fingerprint density at radius 2 is 2.00 bits per heavy atom. The quantitative estimate of drug-likeness (QED) is 0.721. The molecule has 0 saturated carbocycles. The Morgan fingerprint density at radius 1 is 1.29 bits per heavy atom. The van der Waals surface area contributed by atoms with Crippen LogP contribution in [0.4, 0.5) is 0 Å². The van der Waals surface area contributed by atoms with Crippen molar-refractivity contribution in [3.8, 4) is 0 Å². The van der Waals surface area contributed by atoms with Crippen molar-refractivity contribution in [2.24, 2.45) is 11.1 Å². The van der Waals surface area contributed by atoms with E-state index in [4.69, 9.17) is 5.73 Å². The monoisotopic (exact) mass is 231 g/mol. The summed E-state index contributed by atoms with van der Waals surface area (Å²) in [7, 11) is 0. The Hall–Kier alpha value is -0.820. The maximum absolute atomic E-state index is 6.39. The van der Waals surface area contributed by atoms with Gasteiger partial charge in [-0.2, -0.15) is 0 Å². The molecule has 94 valence electrons. The molecule has 2 rings (SSSR count). The second kappa shape index (κ2) is 4.45. The lowest BCUT2D eigenvalue weighted by molar-refractivity contribution is 0.294. The van der Waals surface area contributed by atoms with Crippen molar-refractivity contribution in [3.05, 3.63) is 34.9 Å². The lowest BCUT2D eigenvalue weighted by Crippen LogP contribution is -2.19. The lowest BCUT2D eigenvalue weighted by Gasteiger charge is -2.24. The summed E-state index contributed by atoms with van der Waals surface area (Å²) in [5.41, 5.74) is 11.0. The van der Waals surface area contributed by atoms with Gasteiger partial charge in [-0.15, -0.1) is 0 Å². The maximum atomic E-state index is 6.39. The van der Waals surface area contributed by atoms with Crippen LogP contribution < -0.4 is 5.73 Å². The molecule has 0 radical (unpaired) electrons. The fourth-order valence-electron chi connectivity index (χ4n) is 2.83. The van der Waals surface area contributed by atoms with Crippen molar-refractivity contribution >= 4 is 0 Å². The van der Waals surface area contributed by atoms with Crippen LogP contribution in [0.1, 0.15) is 69.2 Å². The van der Waals surface area contributed by atoms with Gasteiger partial charge in [0.2, 0.25) is 0 Å². The van der Waals surface area contributed by atoms with E-state index in [1.165, 1.54) is 29.5 Å². The molecular weight excluding hydrogens is 206 g/mol. The summed E-state index contributed by atoms with van der Waals surface area (Å²) in [5, 5.41) is 0. The number of nitrogens with two attached hydrogens (primary N) is 1. The summed E-state index contributed by atoms with van der Waals surface area (Å²) < 4.78 is 0. The van der Waals surface area contributed by atoms with Crippen LogP contribution in [0.15, 0.2) is 18.2 Å². The Labute approximate surface area is 105 Å². The molecule has 1 aromatic carbocycles. The van der Waals surface area contributed by atoms with E-state index in [1.807, 2.05) is 0 Å². The van der Waals surface area contributed by atoms with E-state index in [-0.39, 0.29) is 6.04 Å². The molecule has 1 aromatic rings. The standard InChI is InChI=1S/C16H25N/c1-11(2)13-6-5-12-7-8-16(3,4)10-15(17)14(12)9-13/h5-6,9,11,15H,7-8,10,17H2,1-4H3. The lowest BCUT2D eigenvalue weighted by atomic mass is 9.83. The Kier molecular flexibility index (Phi) is 3.31. The first kappa shape index (κ1) is 12.6. The molecule has 0 fully saturated rings. The van der Waals surface area contributed by atoms with Crippen LogP contribution in [-0.2, 0) is 6.42 Å². The van der Waals surface area contributed by atoms with Crippen LogP contribution in [0.5, 0.6) is 0 Å². The van der Waals surface area contributed by atoms with Crippen molar-refractivity contribution in [2.75, 3.05) is 0 Å². The fraction of sp³-hybridized carbons (Fsp3) is 0.625. The van der Waals surface area contributed by atoms with Crippen LogP contribution in [0.2, 0.25) is 0 Å². The average molecular weight is 231 g/mol. The van der Waals surface area contributed by atoms with E-state index < -0.39 is 0 Å². The van der Waals surface area contributed by atoms with Crippen LogP contribution in [0.25, 0.3) is 0 Å². The average Bonchev–Trinajstić information content (AvgIpc) is 2.35.